The summed E-state index contributed by atoms with van der Waals surface area (Å²) in [6.07, 6.45) is 0.439. The molecule has 0 radical (unpaired) electrons. The Morgan fingerprint density at radius 2 is 1.82 bits per heavy atom. The van der Waals surface area contributed by atoms with Gasteiger partial charge in [0.15, 0.2) is 6.61 Å². The minimum Gasteiger partial charge on any atom is -0.483 e. The van der Waals surface area contributed by atoms with Crippen LogP contribution in [0.25, 0.3) is 10.8 Å². The zero-order valence-corrected chi connectivity index (χ0v) is 16.8. The van der Waals surface area contributed by atoms with Crippen molar-refractivity contribution in [3.63, 3.8) is 0 Å². The van der Waals surface area contributed by atoms with Gasteiger partial charge in [-0.3, -0.25) is 9.69 Å². The van der Waals surface area contributed by atoms with E-state index in [1.807, 2.05) is 60.7 Å². The zero-order valence-electron chi connectivity index (χ0n) is 15.2. The summed E-state index contributed by atoms with van der Waals surface area (Å²) in [5.41, 5.74) is 1.67. The summed E-state index contributed by atoms with van der Waals surface area (Å²) in [4.78, 5) is 26.7. The first-order valence-corrected chi connectivity index (χ1v) is 9.67. The summed E-state index contributed by atoms with van der Waals surface area (Å²) in [6, 6.07) is 18.5. The van der Waals surface area contributed by atoms with Crippen LogP contribution in [0.3, 0.4) is 0 Å². The molecular formula is C22H18BrNO4. The molecule has 5 nitrogen and oxygen atoms in total. The summed E-state index contributed by atoms with van der Waals surface area (Å²) in [7, 11) is 1.33. The van der Waals surface area contributed by atoms with Crippen molar-refractivity contribution in [1.29, 1.82) is 0 Å². The summed E-state index contributed by atoms with van der Waals surface area (Å²) in [5, 5.41) is 2.08. The molecule has 1 aliphatic heterocycles. The second-order valence-corrected chi connectivity index (χ2v) is 7.32. The summed E-state index contributed by atoms with van der Waals surface area (Å²) in [6.45, 7) is -0.182. The van der Waals surface area contributed by atoms with Crippen LogP contribution in [0.1, 0.15) is 5.56 Å². The molecule has 0 saturated heterocycles. The Labute approximate surface area is 171 Å². The summed E-state index contributed by atoms with van der Waals surface area (Å²) < 4.78 is 11.5. The smallest absolute Gasteiger partial charge is 0.329 e. The van der Waals surface area contributed by atoms with E-state index in [0.29, 0.717) is 12.2 Å². The molecule has 1 atom stereocenters. The minimum absolute atomic E-state index is 0.182. The number of amides is 1. The second-order valence-electron chi connectivity index (χ2n) is 6.52. The maximum absolute atomic E-state index is 13.0. The molecular weight excluding hydrogens is 422 g/mol. The number of carbonyl (C=O) groups excluding carboxylic acids is 2. The highest BCUT2D eigenvalue weighted by atomic mass is 79.9. The molecule has 0 N–H and O–H groups in total. The predicted octanol–water partition coefficient (Wildman–Crippen LogP) is 4.11. The van der Waals surface area contributed by atoms with E-state index in [1.165, 1.54) is 12.0 Å². The number of esters is 1. The number of hydrogen-bond acceptors (Lipinski definition) is 4. The summed E-state index contributed by atoms with van der Waals surface area (Å²) >= 11 is 3.56. The van der Waals surface area contributed by atoms with Gasteiger partial charge in [-0.2, -0.15) is 0 Å². The molecule has 1 amide bonds. The van der Waals surface area contributed by atoms with Crippen LogP contribution in [0.2, 0.25) is 0 Å². The van der Waals surface area contributed by atoms with Gasteiger partial charge < -0.3 is 9.47 Å². The average molecular weight is 440 g/mol. The number of fused-ring (bicyclic) bond motifs is 2. The van der Waals surface area contributed by atoms with Gasteiger partial charge in [0.25, 0.3) is 5.91 Å². The van der Waals surface area contributed by atoms with Gasteiger partial charge in [0.05, 0.1) is 11.6 Å². The molecule has 0 aromatic heterocycles. The Balaban J connectivity index is 1.57. The number of nitrogens with zero attached hydrogens (tertiary/aromatic N) is 1. The normalized spacial score (nSPS) is 15.4. The first-order chi connectivity index (χ1) is 13.6. The van der Waals surface area contributed by atoms with Crippen LogP contribution in [-0.2, 0) is 20.7 Å². The van der Waals surface area contributed by atoms with Crippen LogP contribution in [-0.4, -0.2) is 31.6 Å². The molecule has 142 valence electrons. The van der Waals surface area contributed by atoms with Crippen LogP contribution in [0.15, 0.2) is 65.1 Å². The lowest BCUT2D eigenvalue weighted by molar-refractivity contribution is -0.143. The third-order valence-corrected chi connectivity index (χ3v) is 5.72. The quantitative estimate of drug-likeness (QED) is 0.573. The van der Waals surface area contributed by atoms with E-state index < -0.39 is 12.0 Å². The van der Waals surface area contributed by atoms with Crippen molar-refractivity contribution < 1.29 is 19.1 Å². The lowest BCUT2D eigenvalue weighted by atomic mass is 10.1. The van der Waals surface area contributed by atoms with Crippen LogP contribution < -0.4 is 9.64 Å². The highest BCUT2D eigenvalue weighted by Crippen LogP contribution is 2.35. The molecule has 1 heterocycles. The third kappa shape index (κ3) is 3.24. The van der Waals surface area contributed by atoms with E-state index in [-0.39, 0.29) is 12.5 Å². The Bertz CT molecular complexity index is 1070. The van der Waals surface area contributed by atoms with E-state index in [4.69, 9.17) is 9.47 Å². The fourth-order valence-corrected chi connectivity index (χ4v) is 4.16. The Kier molecular flexibility index (Phi) is 5.05. The number of methoxy groups -OCH3 is 1. The number of halogens is 1. The Hall–Kier alpha value is -2.86. The van der Waals surface area contributed by atoms with Crippen molar-refractivity contribution in [3.05, 3.63) is 70.7 Å². The zero-order chi connectivity index (χ0) is 19.7. The van der Waals surface area contributed by atoms with Crippen LogP contribution >= 0.6 is 15.9 Å². The maximum atomic E-state index is 13.0. The number of benzene rings is 3. The van der Waals surface area contributed by atoms with E-state index in [2.05, 4.69) is 15.9 Å². The Morgan fingerprint density at radius 1 is 1.07 bits per heavy atom. The van der Waals surface area contributed by atoms with Crippen LogP contribution in [0.4, 0.5) is 5.69 Å². The lowest BCUT2D eigenvalue weighted by Crippen LogP contribution is -2.45. The second kappa shape index (κ2) is 7.64. The number of carbonyl (C=O) groups is 2. The van der Waals surface area contributed by atoms with Crippen molar-refractivity contribution in [2.24, 2.45) is 0 Å². The SMILES string of the molecule is COC(=O)C1Cc2ccccc2N1C(=O)COc1ccc2ccccc2c1Br. The maximum Gasteiger partial charge on any atom is 0.329 e. The molecule has 6 heteroatoms. The molecule has 4 rings (SSSR count). The van der Waals surface area contributed by atoms with E-state index in [9.17, 15) is 9.59 Å². The first-order valence-electron chi connectivity index (χ1n) is 8.88. The van der Waals surface area contributed by atoms with Crippen molar-refractivity contribution in [1.82, 2.24) is 0 Å². The van der Waals surface area contributed by atoms with Gasteiger partial charge >= 0.3 is 5.97 Å². The van der Waals surface area contributed by atoms with Crippen LogP contribution in [0.5, 0.6) is 5.75 Å². The molecule has 1 aliphatic rings. The van der Waals surface area contributed by atoms with Crippen molar-refractivity contribution in [3.8, 4) is 5.75 Å². The number of anilines is 1. The lowest BCUT2D eigenvalue weighted by Gasteiger charge is -2.24. The third-order valence-electron chi connectivity index (χ3n) is 4.90. The Morgan fingerprint density at radius 3 is 2.64 bits per heavy atom. The number of hydrogen-bond donors (Lipinski definition) is 0. The van der Waals surface area contributed by atoms with Gasteiger partial charge in [-0.05, 0) is 44.4 Å². The largest absolute Gasteiger partial charge is 0.483 e. The van der Waals surface area contributed by atoms with E-state index in [0.717, 1.165) is 26.5 Å². The standard InChI is InChI=1S/C22H18BrNO4/c1-27-22(26)18-12-15-7-3-5-9-17(15)24(18)20(25)13-28-19-11-10-14-6-2-4-8-16(14)21(19)23/h2-11,18H,12-13H2,1H3. The molecule has 0 saturated carbocycles. The summed E-state index contributed by atoms with van der Waals surface area (Å²) in [5.74, 6) is -0.147. The fraction of sp³-hybridized carbons (Fsp3) is 0.182. The molecule has 1 unspecified atom stereocenters. The molecule has 28 heavy (non-hydrogen) atoms. The van der Waals surface area contributed by atoms with Gasteiger partial charge in [0.1, 0.15) is 11.8 Å². The van der Waals surface area contributed by atoms with E-state index >= 15 is 0 Å². The van der Waals surface area contributed by atoms with Gasteiger partial charge in [-0.1, -0.05) is 48.5 Å². The van der Waals surface area contributed by atoms with Crippen molar-refractivity contribution in [2.75, 3.05) is 18.6 Å². The minimum atomic E-state index is -0.668. The van der Waals surface area contributed by atoms with Gasteiger partial charge in [0.2, 0.25) is 0 Å². The fourth-order valence-electron chi connectivity index (χ4n) is 3.55. The van der Waals surface area contributed by atoms with Gasteiger partial charge in [0, 0.05) is 12.1 Å². The molecule has 0 aliphatic carbocycles. The number of para-hydroxylation sites is 1. The number of rotatable bonds is 4. The molecule has 0 fully saturated rings. The van der Waals surface area contributed by atoms with Crippen molar-refractivity contribution >= 4 is 44.3 Å². The highest BCUT2D eigenvalue weighted by molar-refractivity contribution is 9.10. The predicted molar refractivity (Wildman–Crippen MR) is 111 cm³/mol. The topological polar surface area (TPSA) is 55.8 Å². The van der Waals surface area contributed by atoms with Gasteiger partial charge in [-0.15, -0.1) is 0 Å². The average Bonchev–Trinajstić information content (AvgIpc) is 3.12. The van der Waals surface area contributed by atoms with Crippen molar-refractivity contribution in [2.45, 2.75) is 12.5 Å². The first kappa shape index (κ1) is 18.5. The van der Waals surface area contributed by atoms with Gasteiger partial charge in [-0.25, -0.2) is 4.79 Å². The van der Waals surface area contributed by atoms with Crippen LogP contribution in [0, 0.1) is 0 Å². The highest BCUT2D eigenvalue weighted by Gasteiger charge is 2.39. The molecule has 0 spiro atoms. The monoisotopic (exact) mass is 439 g/mol. The molecule has 3 aromatic rings. The van der Waals surface area contributed by atoms with E-state index in [1.54, 1.807) is 0 Å². The number of ether oxygens (including phenoxy) is 2. The molecule has 0 bridgehead atoms. The molecule has 3 aromatic carbocycles.